The van der Waals surface area contributed by atoms with Gasteiger partial charge in [-0.1, -0.05) is 38.2 Å². The maximum Gasteiger partial charge on any atom is 0.419 e. The van der Waals surface area contributed by atoms with Gasteiger partial charge in [0.05, 0.1) is 12.2 Å². The zero-order valence-electron chi connectivity index (χ0n) is 19.7. The first-order valence-corrected chi connectivity index (χ1v) is 12.3. The number of fused-ring (bicyclic) bond motifs is 1. The van der Waals surface area contributed by atoms with E-state index >= 15 is 0 Å². The van der Waals surface area contributed by atoms with E-state index in [1.165, 1.54) is 5.57 Å². The summed E-state index contributed by atoms with van der Waals surface area (Å²) in [7, 11) is 0. The Morgan fingerprint density at radius 1 is 1.21 bits per heavy atom. The van der Waals surface area contributed by atoms with E-state index in [2.05, 4.69) is 26.5 Å². The van der Waals surface area contributed by atoms with Gasteiger partial charge in [-0.15, -0.1) is 0 Å². The molecule has 1 unspecified atom stereocenters. The summed E-state index contributed by atoms with van der Waals surface area (Å²) < 4.78 is 38.9. The van der Waals surface area contributed by atoms with Gasteiger partial charge in [0.25, 0.3) is 0 Å². The van der Waals surface area contributed by atoms with Crippen LogP contribution in [0.2, 0.25) is 0 Å². The summed E-state index contributed by atoms with van der Waals surface area (Å²) in [5, 5.41) is 29.9. The molecule has 0 aromatic carbocycles. The topological polar surface area (TPSA) is 63.9 Å². The van der Waals surface area contributed by atoms with Crippen LogP contribution in [-0.4, -0.2) is 63.8 Å². The zero-order chi connectivity index (χ0) is 24.2. The average molecular weight is 470 g/mol. The number of alkyl halides is 3. The molecule has 3 saturated carbocycles. The van der Waals surface area contributed by atoms with Crippen LogP contribution in [0.15, 0.2) is 35.5 Å². The normalized spacial score (nSPS) is 40.7. The maximum absolute atomic E-state index is 13.0. The molecule has 4 nitrogen and oxygen atoms in total. The van der Waals surface area contributed by atoms with Crippen molar-refractivity contribution in [1.82, 2.24) is 4.90 Å². The molecule has 186 valence electrons. The zero-order valence-corrected chi connectivity index (χ0v) is 19.7. The number of aliphatic hydroxyl groups is 3. The summed E-state index contributed by atoms with van der Waals surface area (Å²) >= 11 is 0. The van der Waals surface area contributed by atoms with Crippen LogP contribution in [0.25, 0.3) is 0 Å². The van der Waals surface area contributed by atoms with Crippen molar-refractivity contribution in [2.45, 2.75) is 82.8 Å². The third kappa shape index (κ3) is 4.58. The molecule has 3 N–H and O–H groups in total. The first-order chi connectivity index (χ1) is 15.3. The van der Waals surface area contributed by atoms with Crippen LogP contribution < -0.4 is 0 Å². The Morgan fingerprint density at radius 2 is 1.91 bits per heavy atom. The van der Waals surface area contributed by atoms with Gasteiger partial charge >= 0.3 is 6.18 Å². The summed E-state index contributed by atoms with van der Waals surface area (Å²) in [5.41, 5.74) is 0.591. The lowest BCUT2D eigenvalue weighted by Gasteiger charge is -2.50. The van der Waals surface area contributed by atoms with Crippen molar-refractivity contribution in [3.8, 4) is 0 Å². The monoisotopic (exact) mass is 469 g/mol. The number of β-amino-alcohol motifs (C(OH)–C–C–N with tert-alkyl or cyclic N) is 1. The Kier molecular flexibility index (Phi) is 6.66. The molecule has 1 aliphatic heterocycles. The third-order valence-electron chi connectivity index (χ3n) is 9.03. The number of aliphatic hydroxyl groups excluding tert-OH is 2. The van der Waals surface area contributed by atoms with Gasteiger partial charge in [0.2, 0.25) is 0 Å². The Morgan fingerprint density at radius 3 is 2.58 bits per heavy atom. The standard InChI is InChI=1S/C26H38F3NO3/c1-16(13-30-14-25(33,15-30)26(27,28)29)21-8-9-22-18(5-4-10-24(21,22)3)6-7-19-11-20(31)12-23(32)17(19)2/h6-7,16,20-23,31-33H,2,4-5,8-15H2,1,3H3/t16?,20-,21-,22+,23+,24-/m1/s1. The second-order valence-electron chi connectivity index (χ2n) is 11.3. The van der Waals surface area contributed by atoms with E-state index < -0.39 is 24.0 Å². The quantitative estimate of drug-likeness (QED) is 0.572. The van der Waals surface area contributed by atoms with Gasteiger partial charge in [-0.25, -0.2) is 0 Å². The molecule has 0 amide bonds. The Labute approximate surface area is 194 Å². The van der Waals surface area contributed by atoms with Gasteiger partial charge in [-0.2, -0.15) is 13.2 Å². The van der Waals surface area contributed by atoms with E-state index in [-0.39, 0.29) is 24.4 Å². The average Bonchev–Trinajstić information content (AvgIpc) is 3.05. The van der Waals surface area contributed by atoms with E-state index in [1.54, 1.807) is 4.90 Å². The summed E-state index contributed by atoms with van der Waals surface area (Å²) in [6.07, 6.45) is 4.67. The van der Waals surface area contributed by atoms with E-state index in [0.29, 0.717) is 36.8 Å². The van der Waals surface area contributed by atoms with Crippen LogP contribution in [-0.2, 0) is 0 Å². The fourth-order valence-corrected chi connectivity index (χ4v) is 7.22. The molecule has 7 heteroatoms. The van der Waals surface area contributed by atoms with Crippen LogP contribution in [0.1, 0.15) is 58.8 Å². The van der Waals surface area contributed by atoms with Gasteiger partial charge < -0.3 is 15.3 Å². The summed E-state index contributed by atoms with van der Waals surface area (Å²) in [6.45, 7) is 8.44. The fraction of sp³-hybridized carbons (Fsp3) is 0.769. The predicted molar refractivity (Wildman–Crippen MR) is 121 cm³/mol. The Balaban J connectivity index is 1.43. The summed E-state index contributed by atoms with van der Waals surface area (Å²) in [5.74, 6) is 1.15. The van der Waals surface area contributed by atoms with Crippen molar-refractivity contribution >= 4 is 0 Å². The fourth-order valence-electron chi connectivity index (χ4n) is 7.22. The van der Waals surface area contributed by atoms with Gasteiger partial charge in [0.1, 0.15) is 0 Å². The second-order valence-corrected chi connectivity index (χ2v) is 11.3. The van der Waals surface area contributed by atoms with Gasteiger partial charge in [-0.05, 0) is 72.8 Å². The number of allylic oxidation sites excluding steroid dienone is 3. The molecular formula is C26H38F3NO3. The van der Waals surface area contributed by atoms with Crippen LogP contribution >= 0.6 is 0 Å². The highest BCUT2D eigenvalue weighted by Crippen LogP contribution is 2.59. The van der Waals surface area contributed by atoms with Crippen LogP contribution in [0.4, 0.5) is 13.2 Å². The van der Waals surface area contributed by atoms with E-state index in [1.807, 2.05) is 6.08 Å². The van der Waals surface area contributed by atoms with Crippen molar-refractivity contribution in [2.24, 2.45) is 23.2 Å². The van der Waals surface area contributed by atoms with Gasteiger partial charge in [0.15, 0.2) is 5.60 Å². The minimum Gasteiger partial charge on any atom is -0.393 e. The number of halogens is 3. The highest BCUT2D eigenvalue weighted by molar-refractivity contribution is 5.38. The molecular weight excluding hydrogens is 431 g/mol. The van der Waals surface area contributed by atoms with Crippen molar-refractivity contribution in [1.29, 1.82) is 0 Å². The molecule has 0 aromatic heterocycles. The lowest BCUT2D eigenvalue weighted by Crippen LogP contribution is -2.69. The molecule has 0 spiro atoms. The minimum absolute atomic E-state index is 0.121. The van der Waals surface area contributed by atoms with Gasteiger partial charge in [-0.3, -0.25) is 4.90 Å². The molecule has 3 aliphatic carbocycles. The number of hydrogen-bond acceptors (Lipinski definition) is 4. The Hall–Kier alpha value is -1.15. The first-order valence-electron chi connectivity index (χ1n) is 12.3. The highest BCUT2D eigenvalue weighted by Gasteiger charge is 2.61. The van der Waals surface area contributed by atoms with Crippen molar-refractivity contribution in [3.63, 3.8) is 0 Å². The lowest BCUT2D eigenvalue weighted by molar-refractivity contribution is -0.302. The molecule has 4 rings (SSSR count). The molecule has 0 radical (unpaired) electrons. The highest BCUT2D eigenvalue weighted by atomic mass is 19.4. The van der Waals surface area contributed by atoms with Crippen LogP contribution in [0.5, 0.6) is 0 Å². The Bertz CT molecular complexity index is 829. The van der Waals surface area contributed by atoms with E-state index in [0.717, 1.165) is 37.7 Å². The lowest BCUT2D eigenvalue weighted by atomic mass is 9.61. The predicted octanol–water partition coefficient (Wildman–Crippen LogP) is 4.37. The number of rotatable bonds is 4. The van der Waals surface area contributed by atoms with Crippen LogP contribution in [0.3, 0.4) is 0 Å². The van der Waals surface area contributed by atoms with E-state index in [4.69, 9.17) is 0 Å². The van der Waals surface area contributed by atoms with Gasteiger partial charge in [0, 0.05) is 26.1 Å². The molecule has 0 aromatic rings. The SMILES string of the molecule is C=C1C(=CC=C2CCC[C@]3(C)[C@@H](C(C)CN4CC(O)(C(F)(F)F)C4)CC[C@@H]23)C[C@@H](O)C[C@@H]1O. The molecule has 33 heavy (non-hydrogen) atoms. The second kappa shape index (κ2) is 8.81. The molecule has 0 bridgehead atoms. The van der Waals surface area contributed by atoms with Crippen LogP contribution in [0, 0.1) is 23.2 Å². The molecule has 1 saturated heterocycles. The number of nitrogens with zero attached hydrogens (tertiary/aromatic N) is 1. The summed E-state index contributed by atoms with van der Waals surface area (Å²) in [4.78, 5) is 1.74. The maximum atomic E-state index is 13.0. The largest absolute Gasteiger partial charge is 0.419 e. The first kappa shape index (κ1) is 25.0. The number of hydrogen-bond donors (Lipinski definition) is 3. The minimum atomic E-state index is -4.57. The van der Waals surface area contributed by atoms with Crippen molar-refractivity contribution < 1.29 is 28.5 Å². The number of likely N-dealkylation sites (tertiary alicyclic amines) is 1. The molecule has 6 atom stereocenters. The van der Waals surface area contributed by atoms with Crippen molar-refractivity contribution in [3.05, 3.63) is 35.5 Å². The molecule has 1 heterocycles. The third-order valence-corrected chi connectivity index (χ3v) is 9.03. The van der Waals surface area contributed by atoms with Crippen molar-refractivity contribution in [2.75, 3.05) is 19.6 Å². The summed E-state index contributed by atoms with van der Waals surface area (Å²) in [6, 6.07) is 0. The van der Waals surface area contributed by atoms with E-state index in [9.17, 15) is 28.5 Å². The molecule has 4 aliphatic rings. The smallest absolute Gasteiger partial charge is 0.393 e. The molecule has 4 fully saturated rings.